The molecule has 1 aromatic carbocycles. The normalized spacial score (nSPS) is 16.6. The highest BCUT2D eigenvalue weighted by molar-refractivity contribution is 8.00. The third-order valence-corrected chi connectivity index (χ3v) is 7.66. The molecule has 7 heteroatoms. The SMILES string of the molecule is CC(C)(C)[C@@H]1CCc2c(sc3ncnc(SCC(=O)Nc4ccc(F)cc4)c23)C1. The molecule has 2 aromatic heterocycles. The Morgan fingerprint density at radius 2 is 2.03 bits per heavy atom. The van der Waals surface area contributed by atoms with E-state index in [9.17, 15) is 9.18 Å². The topological polar surface area (TPSA) is 54.9 Å². The van der Waals surface area contributed by atoms with E-state index in [0.717, 1.165) is 28.1 Å². The average molecular weight is 430 g/mol. The molecule has 0 saturated heterocycles. The molecular formula is C22H24FN3OS2. The van der Waals surface area contributed by atoms with Crippen LogP contribution in [0.3, 0.4) is 0 Å². The van der Waals surface area contributed by atoms with Crippen molar-refractivity contribution in [2.75, 3.05) is 11.1 Å². The van der Waals surface area contributed by atoms with Gasteiger partial charge < -0.3 is 5.32 Å². The van der Waals surface area contributed by atoms with Crippen molar-refractivity contribution in [3.05, 3.63) is 46.9 Å². The van der Waals surface area contributed by atoms with E-state index in [-0.39, 0.29) is 17.5 Å². The van der Waals surface area contributed by atoms with Gasteiger partial charge in [-0.05, 0) is 60.4 Å². The molecule has 1 N–H and O–H groups in total. The van der Waals surface area contributed by atoms with Crippen LogP contribution in [-0.2, 0) is 17.6 Å². The molecule has 0 saturated carbocycles. The molecule has 0 aliphatic heterocycles. The van der Waals surface area contributed by atoms with Crippen molar-refractivity contribution in [2.45, 2.75) is 45.1 Å². The van der Waals surface area contributed by atoms with E-state index in [1.54, 1.807) is 29.8 Å². The van der Waals surface area contributed by atoms with E-state index in [4.69, 9.17) is 0 Å². The first-order valence-electron chi connectivity index (χ1n) is 9.74. The molecule has 1 atom stereocenters. The molecule has 0 unspecified atom stereocenters. The summed E-state index contributed by atoms with van der Waals surface area (Å²) in [5.74, 6) is 0.467. The second-order valence-electron chi connectivity index (χ2n) is 8.51. The Balaban J connectivity index is 1.50. The van der Waals surface area contributed by atoms with Crippen molar-refractivity contribution < 1.29 is 9.18 Å². The van der Waals surface area contributed by atoms with Crippen LogP contribution in [0, 0.1) is 17.2 Å². The third-order valence-electron chi connectivity index (χ3n) is 5.50. The molecule has 4 rings (SSSR count). The first kappa shape index (κ1) is 20.3. The van der Waals surface area contributed by atoms with Gasteiger partial charge in [0.25, 0.3) is 0 Å². The Morgan fingerprint density at radius 1 is 1.28 bits per heavy atom. The number of anilines is 1. The number of benzene rings is 1. The predicted octanol–water partition coefficient (Wildman–Crippen LogP) is 5.71. The number of nitrogens with zero attached hydrogens (tertiary/aromatic N) is 2. The largest absolute Gasteiger partial charge is 0.325 e. The standard InChI is InChI=1S/C22H24FN3OS2/c1-22(2,3)13-4-9-16-17(10-13)29-21-19(16)20(24-12-25-21)28-11-18(27)26-15-7-5-14(23)6-8-15/h5-8,12-13H,4,9-11H2,1-3H3,(H,26,27)/t13-/m1/s1. The molecular weight excluding hydrogens is 405 g/mol. The second kappa shape index (κ2) is 8.03. The van der Waals surface area contributed by atoms with Crippen LogP contribution in [0.4, 0.5) is 10.1 Å². The number of carbonyl (C=O) groups is 1. The molecule has 1 aliphatic carbocycles. The van der Waals surface area contributed by atoms with Crippen molar-refractivity contribution in [3.8, 4) is 0 Å². The molecule has 29 heavy (non-hydrogen) atoms. The highest BCUT2D eigenvalue weighted by Crippen LogP contribution is 2.44. The van der Waals surface area contributed by atoms with Crippen LogP contribution in [0.25, 0.3) is 10.2 Å². The number of halogens is 1. The summed E-state index contributed by atoms with van der Waals surface area (Å²) in [4.78, 5) is 23.7. The van der Waals surface area contributed by atoms with Gasteiger partial charge >= 0.3 is 0 Å². The summed E-state index contributed by atoms with van der Waals surface area (Å²) in [6.45, 7) is 6.95. The molecule has 152 valence electrons. The van der Waals surface area contributed by atoms with E-state index >= 15 is 0 Å². The minimum atomic E-state index is -0.323. The monoisotopic (exact) mass is 429 g/mol. The van der Waals surface area contributed by atoms with Gasteiger partial charge in [0, 0.05) is 16.0 Å². The number of carbonyl (C=O) groups excluding carboxylic acids is 1. The van der Waals surface area contributed by atoms with Crippen LogP contribution in [0.5, 0.6) is 0 Å². The zero-order valence-electron chi connectivity index (χ0n) is 16.8. The summed E-state index contributed by atoms with van der Waals surface area (Å²) in [5, 5.41) is 4.79. The number of thiophene rings is 1. The molecule has 2 heterocycles. The Labute approximate surface area is 178 Å². The maximum Gasteiger partial charge on any atom is 0.234 e. The second-order valence-corrected chi connectivity index (χ2v) is 10.6. The fourth-order valence-corrected chi connectivity index (χ4v) is 5.95. The first-order chi connectivity index (χ1) is 13.8. The summed E-state index contributed by atoms with van der Waals surface area (Å²) in [6, 6.07) is 5.78. The summed E-state index contributed by atoms with van der Waals surface area (Å²) in [7, 11) is 0. The molecule has 3 aromatic rings. The van der Waals surface area contributed by atoms with Crippen molar-refractivity contribution in [3.63, 3.8) is 0 Å². The summed E-state index contributed by atoms with van der Waals surface area (Å²) < 4.78 is 13.0. The van der Waals surface area contributed by atoms with Crippen molar-refractivity contribution in [2.24, 2.45) is 11.3 Å². The van der Waals surface area contributed by atoms with Gasteiger partial charge in [-0.25, -0.2) is 14.4 Å². The number of amides is 1. The maximum atomic E-state index is 13.0. The van der Waals surface area contributed by atoms with Gasteiger partial charge in [-0.2, -0.15) is 0 Å². The van der Waals surface area contributed by atoms with Crippen LogP contribution in [-0.4, -0.2) is 21.6 Å². The lowest BCUT2D eigenvalue weighted by atomic mass is 9.72. The maximum absolute atomic E-state index is 13.0. The lowest BCUT2D eigenvalue weighted by Crippen LogP contribution is -2.26. The van der Waals surface area contributed by atoms with Crippen LogP contribution in [0.1, 0.15) is 37.6 Å². The van der Waals surface area contributed by atoms with Gasteiger partial charge in [0.05, 0.1) is 5.75 Å². The quantitative estimate of drug-likeness (QED) is 0.426. The Bertz CT molecular complexity index is 1040. The zero-order chi connectivity index (χ0) is 20.6. The van der Waals surface area contributed by atoms with Gasteiger partial charge in [0.15, 0.2) is 0 Å². The summed E-state index contributed by atoms with van der Waals surface area (Å²) in [5.41, 5.74) is 2.26. The zero-order valence-corrected chi connectivity index (χ0v) is 18.4. The summed E-state index contributed by atoms with van der Waals surface area (Å²) in [6.07, 6.45) is 4.90. The van der Waals surface area contributed by atoms with Gasteiger partial charge in [-0.1, -0.05) is 32.5 Å². The van der Waals surface area contributed by atoms with Crippen molar-refractivity contribution in [1.82, 2.24) is 9.97 Å². The fraction of sp³-hybridized carbons (Fsp3) is 0.409. The van der Waals surface area contributed by atoms with Crippen molar-refractivity contribution >= 4 is 44.9 Å². The molecule has 4 nitrogen and oxygen atoms in total. The highest BCUT2D eigenvalue weighted by atomic mass is 32.2. The van der Waals surface area contributed by atoms with Gasteiger partial charge in [-0.3, -0.25) is 4.79 Å². The van der Waals surface area contributed by atoms with E-state index in [0.29, 0.717) is 17.0 Å². The number of fused-ring (bicyclic) bond motifs is 3. The Hall–Kier alpha value is -1.99. The number of thioether (sulfide) groups is 1. The van der Waals surface area contributed by atoms with Crippen LogP contribution in [0.2, 0.25) is 0 Å². The lowest BCUT2D eigenvalue weighted by molar-refractivity contribution is -0.113. The highest BCUT2D eigenvalue weighted by Gasteiger charge is 2.31. The Kier molecular flexibility index (Phi) is 5.62. The van der Waals surface area contributed by atoms with E-state index in [2.05, 4.69) is 36.1 Å². The predicted molar refractivity (Wildman–Crippen MR) is 118 cm³/mol. The molecule has 0 bridgehead atoms. The molecule has 1 aliphatic rings. The summed E-state index contributed by atoms with van der Waals surface area (Å²) >= 11 is 3.21. The molecule has 1 amide bonds. The molecule has 0 spiro atoms. The number of nitrogens with one attached hydrogen (secondary N) is 1. The van der Waals surface area contributed by atoms with Crippen LogP contribution < -0.4 is 5.32 Å². The van der Waals surface area contributed by atoms with E-state index in [1.807, 2.05) is 0 Å². The molecule has 0 fully saturated rings. The molecule has 0 radical (unpaired) electrons. The number of hydrogen-bond donors (Lipinski definition) is 1. The van der Waals surface area contributed by atoms with Crippen LogP contribution >= 0.6 is 23.1 Å². The minimum absolute atomic E-state index is 0.134. The Morgan fingerprint density at radius 3 is 2.76 bits per heavy atom. The number of aryl methyl sites for hydroxylation is 1. The first-order valence-corrected chi connectivity index (χ1v) is 11.5. The van der Waals surface area contributed by atoms with Crippen molar-refractivity contribution in [1.29, 1.82) is 0 Å². The number of hydrogen-bond acceptors (Lipinski definition) is 5. The van der Waals surface area contributed by atoms with Crippen LogP contribution in [0.15, 0.2) is 35.6 Å². The van der Waals surface area contributed by atoms with E-state index < -0.39 is 0 Å². The third kappa shape index (κ3) is 4.46. The fourth-order valence-electron chi connectivity index (χ4n) is 3.79. The smallest absolute Gasteiger partial charge is 0.234 e. The van der Waals surface area contributed by atoms with E-state index in [1.165, 1.54) is 40.8 Å². The van der Waals surface area contributed by atoms with Gasteiger partial charge in [-0.15, -0.1) is 11.3 Å². The number of aromatic nitrogens is 2. The average Bonchev–Trinajstić information content (AvgIpc) is 3.06. The van der Waals surface area contributed by atoms with Gasteiger partial charge in [0.1, 0.15) is 22.0 Å². The minimum Gasteiger partial charge on any atom is -0.325 e. The lowest BCUT2D eigenvalue weighted by Gasteiger charge is -2.33. The van der Waals surface area contributed by atoms with Gasteiger partial charge in [0.2, 0.25) is 5.91 Å². The number of rotatable bonds is 4.